The number of fused-ring (bicyclic) bond motifs is 6. The molecule has 33 heavy (non-hydrogen) atoms. The fraction of sp³-hybridized carbons (Fsp3) is 0. The number of rotatable bonds is 2. The molecule has 0 spiro atoms. The van der Waals surface area contributed by atoms with Gasteiger partial charge in [0.05, 0.1) is 5.02 Å². The van der Waals surface area contributed by atoms with Crippen LogP contribution in [0.25, 0.3) is 66.1 Å². The van der Waals surface area contributed by atoms with Gasteiger partial charge in [-0.2, -0.15) is 0 Å². The maximum Gasteiger partial charge on any atom is 0.144 e. The molecular weight excluding hydrogens is 428 g/mol. The first-order valence-corrected chi connectivity index (χ1v) is 11.3. The predicted molar refractivity (Wildman–Crippen MR) is 137 cm³/mol. The molecule has 0 saturated heterocycles. The highest BCUT2D eigenvalue weighted by Gasteiger charge is 2.18. The van der Waals surface area contributed by atoms with Crippen molar-refractivity contribution in [3.8, 4) is 22.3 Å². The molecule has 0 radical (unpaired) electrons. The maximum absolute atomic E-state index is 6.63. The molecule has 7 aromatic rings. The third-order valence-electron chi connectivity index (χ3n) is 6.38. The summed E-state index contributed by atoms with van der Waals surface area (Å²) in [5, 5.41) is 4.92. The molecule has 0 aliphatic heterocycles. The van der Waals surface area contributed by atoms with Crippen molar-refractivity contribution in [1.29, 1.82) is 0 Å². The molecule has 0 unspecified atom stereocenters. The van der Waals surface area contributed by atoms with Gasteiger partial charge in [0.1, 0.15) is 22.3 Å². The first-order chi connectivity index (χ1) is 16.3. The van der Waals surface area contributed by atoms with E-state index in [1.807, 2.05) is 42.5 Å². The SMILES string of the molecule is Clc1ccc(-c2ccccc2-c2ccc3oc4ccccc4c3c2)c2oc3ccccc3c12. The van der Waals surface area contributed by atoms with Crippen LogP contribution >= 0.6 is 11.6 Å². The Balaban J connectivity index is 1.51. The second-order valence-electron chi connectivity index (χ2n) is 8.25. The minimum Gasteiger partial charge on any atom is -0.456 e. The van der Waals surface area contributed by atoms with Crippen LogP contribution in [0.3, 0.4) is 0 Å². The van der Waals surface area contributed by atoms with Crippen LogP contribution in [0.2, 0.25) is 5.02 Å². The lowest BCUT2D eigenvalue weighted by atomic mass is 9.93. The number of benzene rings is 5. The van der Waals surface area contributed by atoms with E-state index in [2.05, 4.69) is 60.7 Å². The van der Waals surface area contributed by atoms with Crippen molar-refractivity contribution >= 4 is 55.5 Å². The largest absolute Gasteiger partial charge is 0.456 e. The summed E-state index contributed by atoms with van der Waals surface area (Å²) in [5.41, 5.74) is 7.83. The first kappa shape index (κ1) is 18.6. The molecule has 7 rings (SSSR count). The summed E-state index contributed by atoms with van der Waals surface area (Å²) in [4.78, 5) is 0. The predicted octanol–water partition coefficient (Wildman–Crippen LogP) is 9.47. The highest BCUT2D eigenvalue weighted by atomic mass is 35.5. The fourth-order valence-electron chi connectivity index (χ4n) is 4.86. The molecule has 2 nitrogen and oxygen atoms in total. The van der Waals surface area contributed by atoms with Crippen LogP contribution in [0, 0.1) is 0 Å². The lowest BCUT2D eigenvalue weighted by molar-refractivity contribution is 0.669. The first-order valence-electron chi connectivity index (χ1n) is 10.9. The van der Waals surface area contributed by atoms with Crippen molar-refractivity contribution in [1.82, 2.24) is 0 Å². The van der Waals surface area contributed by atoms with Crippen LogP contribution in [-0.2, 0) is 0 Å². The Labute approximate surface area is 194 Å². The van der Waals surface area contributed by atoms with Crippen LogP contribution in [0.15, 0.2) is 112 Å². The molecule has 3 heteroatoms. The van der Waals surface area contributed by atoms with Gasteiger partial charge in [0.25, 0.3) is 0 Å². The Morgan fingerprint density at radius 2 is 1.15 bits per heavy atom. The van der Waals surface area contributed by atoms with Crippen LogP contribution in [0.1, 0.15) is 0 Å². The van der Waals surface area contributed by atoms with E-state index in [1.54, 1.807) is 0 Å². The van der Waals surface area contributed by atoms with Crippen molar-refractivity contribution < 1.29 is 8.83 Å². The zero-order valence-electron chi connectivity index (χ0n) is 17.5. The van der Waals surface area contributed by atoms with Gasteiger partial charge in [-0.25, -0.2) is 0 Å². The van der Waals surface area contributed by atoms with E-state index in [0.29, 0.717) is 5.02 Å². The Morgan fingerprint density at radius 3 is 2.00 bits per heavy atom. The van der Waals surface area contributed by atoms with Crippen LogP contribution in [0.4, 0.5) is 0 Å². The van der Waals surface area contributed by atoms with Gasteiger partial charge in [-0.3, -0.25) is 0 Å². The van der Waals surface area contributed by atoms with Crippen LogP contribution in [-0.4, -0.2) is 0 Å². The fourth-order valence-corrected chi connectivity index (χ4v) is 5.11. The number of para-hydroxylation sites is 2. The molecule has 2 aromatic heterocycles. The second-order valence-corrected chi connectivity index (χ2v) is 8.66. The zero-order chi connectivity index (χ0) is 21.9. The minimum atomic E-state index is 0.697. The highest BCUT2D eigenvalue weighted by molar-refractivity contribution is 6.38. The molecule has 0 saturated carbocycles. The lowest BCUT2D eigenvalue weighted by Gasteiger charge is -2.11. The molecule has 156 valence electrons. The number of hydrogen-bond donors (Lipinski definition) is 0. The number of furan rings is 2. The summed E-state index contributed by atoms with van der Waals surface area (Å²) in [5.74, 6) is 0. The van der Waals surface area contributed by atoms with Crippen molar-refractivity contribution in [2.75, 3.05) is 0 Å². The normalized spacial score (nSPS) is 11.8. The van der Waals surface area contributed by atoms with Crippen molar-refractivity contribution in [3.05, 3.63) is 108 Å². The van der Waals surface area contributed by atoms with E-state index in [9.17, 15) is 0 Å². The lowest BCUT2D eigenvalue weighted by Crippen LogP contribution is -1.86. The van der Waals surface area contributed by atoms with Gasteiger partial charge >= 0.3 is 0 Å². The Hall–Kier alpha value is -4.01. The van der Waals surface area contributed by atoms with Crippen molar-refractivity contribution in [2.24, 2.45) is 0 Å². The molecule has 5 aromatic carbocycles. The van der Waals surface area contributed by atoms with E-state index in [0.717, 1.165) is 66.1 Å². The van der Waals surface area contributed by atoms with E-state index in [1.165, 1.54) is 0 Å². The van der Waals surface area contributed by atoms with Crippen LogP contribution < -0.4 is 0 Å². The molecule has 0 atom stereocenters. The molecule has 0 bridgehead atoms. The third-order valence-corrected chi connectivity index (χ3v) is 6.70. The zero-order valence-corrected chi connectivity index (χ0v) is 18.3. The molecule has 0 aliphatic carbocycles. The van der Waals surface area contributed by atoms with Gasteiger partial charge in [-0.05, 0) is 53.1 Å². The standard InChI is InChI=1S/C30H17ClO2/c31-25-15-14-22(30-29(25)23-10-4-6-12-27(23)33-30)20-8-2-1-7-19(20)18-13-16-28-24(17-18)21-9-3-5-11-26(21)32-28/h1-17H. The van der Waals surface area contributed by atoms with Gasteiger partial charge < -0.3 is 8.83 Å². The summed E-state index contributed by atoms with van der Waals surface area (Å²) in [6.45, 7) is 0. The van der Waals surface area contributed by atoms with E-state index in [-0.39, 0.29) is 0 Å². The quantitative estimate of drug-likeness (QED) is 0.265. The Bertz CT molecular complexity index is 1840. The average molecular weight is 445 g/mol. The monoisotopic (exact) mass is 444 g/mol. The smallest absolute Gasteiger partial charge is 0.144 e. The van der Waals surface area contributed by atoms with E-state index < -0.39 is 0 Å². The molecular formula is C30H17ClO2. The second kappa shape index (κ2) is 6.99. The van der Waals surface area contributed by atoms with Gasteiger partial charge in [0.2, 0.25) is 0 Å². The van der Waals surface area contributed by atoms with Crippen LogP contribution in [0.5, 0.6) is 0 Å². The number of hydrogen-bond acceptors (Lipinski definition) is 2. The van der Waals surface area contributed by atoms with Gasteiger partial charge in [-0.15, -0.1) is 0 Å². The molecule has 0 amide bonds. The third kappa shape index (κ3) is 2.75. The maximum atomic E-state index is 6.63. The Kier molecular flexibility index (Phi) is 3.93. The highest BCUT2D eigenvalue weighted by Crippen LogP contribution is 2.43. The molecule has 0 aliphatic rings. The summed E-state index contributed by atoms with van der Waals surface area (Å²) in [6.07, 6.45) is 0. The molecule has 2 heterocycles. The summed E-state index contributed by atoms with van der Waals surface area (Å²) in [7, 11) is 0. The molecule has 0 fully saturated rings. The average Bonchev–Trinajstić information content (AvgIpc) is 3.43. The Morgan fingerprint density at radius 1 is 0.485 bits per heavy atom. The van der Waals surface area contributed by atoms with Gasteiger partial charge in [0, 0.05) is 27.1 Å². The number of halogens is 1. The summed E-state index contributed by atoms with van der Waals surface area (Å²) in [6, 6.07) is 35.0. The summed E-state index contributed by atoms with van der Waals surface area (Å²) >= 11 is 6.63. The molecule has 0 N–H and O–H groups in total. The summed E-state index contributed by atoms with van der Waals surface area (Å²) < 4.78 is 12.4. The van der Waals surface area contributed by atoms with E-state index >= 15 is 0 Å². The van der Waals surface area contributed by atoms with E-state index in [4.69, 9.17) is 20.4 Å². The van der Waals surface area contributed by atoms with Gasteiger partial charge in [-0.1, -0.05) is 78.3 Å². The van der Waals surface area contributed by atoms with Gasteiger partial charge in [0.15, 0.2) is 0 Å². The minimum absolute atomic E-state index is 0.697. The topological polar surface area (TPSA) is 26.3 Å². The van der Waals surface area contributed by atoms with Crippen molar-refractivity contribution in [2.45, 2.75) is 0 Å². The van der Waals surface area contributed by atoms with Crippen molar-refractivity contribution in [3.63, 3.8) is 0 Å².